The van der Waals surface area contributed by atoms with Crippen LogP contribution in [0.4, 0.5) is 0 Å². The summed E-state index contributed by atoms with van der Waals surface area (Å²) in [6.45, 7) is 10.3. The molecule has 0 bridgehead atoms. The van der Waals surface area contributed by atoms with Gasteiger partial charge >= 0.3 is 0 Å². The summed E-state index contributed by atoms with van der Waals surface area (Å²) >= 11 is 0. The molecule has 214 valence electrons. The largest absolute Gasteiger partial charge is 0.349 e. The zero-order valence-corrected chi connectivity index (χ0v) is 24.2. The predicted octanol–water partition coefficient (Wildman–Crippen LogP) is 3.90. The second-order valence-electron chi connectivity index (χ2n) is 11.5. The fourth-order valence-electron chi connectivity index (χ4n) is 6.10. The molecule has 1 saturated heterocycles. The Morgan fingerprint density at radius 3 is 2.74 bits per heavy atom. The third kappa shape index (κ3) is 9.67. The van der Waals surface area contributed by atoms with Crippen LogP contribution in [0.25, 0.3) is 0 Å². The highest BCUT2D eigenvalue weighted by Gasteiger charge is 2.27. The van der Waals surface area contributed by atoms with Crippen LogP contribution in [0.15, 0.2) is 48.7 Å². The molecular weight excluding hydrogens is 484 g/mol. The molecule has 0 spiro atoms. The summed E-state index contributed by atoms with van der Waals surface area (Å²) in [6, 6.07) is 15.2. The van der Waals surface area contributed by atoms with Gasteiger partial charge in [-0.25, -0.2) is 0 Å². The summed E-state index contributed by atoms with van der Waals surface area (Å²) in [7, 11) is 2.03. The van der Waals surface area contributed by atoms with Crippen molar-refractivity contribution in [2.24, 2.45) is 5.92 Å². The van der Waals surface area contributed by atoms with Crippen molar-refractivity contribution in [1.29, 1.82) is 0 Å². The normalized spacial score (nSPS) is 19.4. The lowest BCUT2D eigenvalue weighted by atomic mass is 10.0. The number of carbonyl (C=O) groups is 1. The monoisotopic (exact) mass is 534 g/mol. The highest BCUT2D eigenvalue weighted by atomic mass is 16.1. The van der Waals surface area contributed by atoms with Gasteiger partial charge in [-0.15, -0.1) is 0 Å². The van der Waals surface area contributed by atoms with Crippen LogP contribution in [0.3, 0.4) is 0 Å². The molecule has 1 aliphatic carbocycles. The average molecular weight is 535 g/mol. The number of aryl methyl sites for hydroxylation is 1. The van der Waals surface area contributed by atoms with Crippen LogP contribution in [-0.2, 0) is 11.3 Å². The van der Waals surface area contributed by atoms with E-state index in [0.717, 1.165) is 71.6 Å². The second-order valence-corrected chi connectivity index (χ2v) is 11.5. The number of nitrogens with one attached hydrogen (secondary N) is 3. The van der Waals surface area contributed by atoms with Crippen LogP contribution in [0.1, 0.15) is 67.8 Å². The molecule has 3 N–H and O–H groups in total. The predicted molar refractivity (Wildman–Crippen MR) is 160 cm³/mol. The Morgan fingerprint density at radius 1 is 1.15 bits per heavy atom. The van der Waals surface area contributed by atoms with E-state index >= 15 is 0 Å². The quantitative estimate of drug-likeness (QED) is 0.301. The Bertz CT molecular complexity index is 980. The number of hydrogen-bond acceptors (Lipinski definition) is 6. The van der Waals surface area contributed by atoms with Gasteiger partial charge in [0.05, 0.1) is 11.7 Å². The van der Waals surface area contributed by atoms with E-state index in [1.165, 1.54) is 42.5 Å². The fraction of sp³-hybridized carbons (Fsp3) is 0.625. The topological polar surface area (TPSA) is 72.5 Å². The molecule has 2 aliphatic rings. The van der Waals surface area contributed by atoms with Gasteiger partial charge in [-0.3, -0.25) is 14.7 Å². The Kier molecular flexibility index (Phi) is 12.2. The van der Waals surface area contributed by atoms with Crippen molar-refractivity contribution in [1.82, 2.24) is 30.7 Å². The fourth-order valence-corrected chi connectivity index (χ4v) is 6.10. The van der Waals surface area contributed by atoms with Crippen LogP contribution in [0.5, 0.6) is 0 Å². The average Bonchev–Trinajstić information content (AvgIpc) is 3.51. The van der Waals surface area contributed by atoms with Gasteiger partial charge in [0.2, 0.25) is 5.91 Å². The van der Waals surface area contributed by atoms with E-state index in [0.29, 0.717) is 6.04 Å². The van der Waals surface area contributed by atoms with Crippen LogP contribution >= 0.6 is 0 Å². The molecule has 0 unspecified atom stereocenters. The summed E-state index contributed by atoms with van der Waals surface area (Å²) < 4.78 is 0. The molecule has 39 heavy (non-hydrogen) atoms. The standard InChI is InChI=1S/C32H50N6O/c1-26-11-10-18-35-31(26)25-38(20-9-8-17-33-2)24-29-23-37(22-19-34-29)21-16-30(27-12-4-3-5-13-27)36-32(39)28-14-6-7-15-28/h3-5,10-13,18,28-30,33-34H,6-9,14-17,19-25H2,1-2H3,(H,36,39)/t29-,30+/m1/s1. The van der Waals surface area contributed by atoms with Crippen LogP contribution in [0, 0.1) is 12.8 Å². The van der Waals surface area contributed by atoms with Gasteiger partial charge in [0.25, 0.3) is 0 Å². The zero-order chi connectivity index (χ0) is 27.3. The number of unbranched alkanes of at least 4 members (excludes halogenated alkanes) is 1. The Hall–Kier alpha value is -2.32. The number of carbonyl (C=O) groups excluding carboxylic acids is 1. The Morgan fingerprint density at radius 2 is 1.97 bits per heavy atom. The highest BCUT2D eigenvalue weighted by molar-refractivity contribution is 5.79. The summed E-state index contributed by atoms with van der Waals surface area (Å²) in [5.41, 5.74) is 3.67. The zero-order valence-electron chi connectivity index (χ0n) is 24.2. The van der Waals surface area contributed by atoms with Gasteiger partial charge in [0.15, 0.2) is 0 Å². The van der Waals surface area contributed by atoms with Crippen LogP contribution in [0.2, 0.25) is 0 Å². The van der Waals surface area contributed by atoms with Crippen molar-refractivity contribution in [3.63, 3.8) is 0 Å². The molecule has 1 amide bonds. The molecule has 7 heteroatoms. The number of rotatable bonds is 15. The molecule has 1 aliphatic heterocycles. The van der Waals surface area contributed by atoms with E-state index in [-0.39, 0.29) is 17.9 Å². The molecular formula is C32H50N6O. The molecule has 1 saturated carbocycles. The van der Waals surface area contributed by atoms with Crippen molar-refractivity contribution < 1.29 is 4.79 Å². The number of amides is 1. The van der Waals surface area contributed by atoms with Crippen LogP contribution in [-0.4, -0.2) is 79.6 Å². The second kappa shape index (κ2) is 16.1. The first kappa shape index (κ1) is 29.7. The lowest BCUT2D eigenvalue weighted by Crippen LogP contribution is -2.55. The van der Waals surface area contributed by atoms with Gasteiger partial charge < -0.3 is 20.9 Å². The van der Waals surface area contributed by atoms with Gasteiger partial charge in [0, 0.05) is 57.4 Å². The van der Waals surface area contributed by atoms with E-state index in [9.17, 15) is 4.79 Å². The first-order valence-corrected chi connectivity index (χ1v) is 15.2. The minimum absolute atomic E-state index is 0.0726. The van der Waals surface area contributed by atoms with Gasteiger partial charge in [-0.05, 0) is 76.4 Å². The molecule has 2 heterocycles. The Balaban J connectivity index is 1.33. The van der Waals surface area contributed by atoms with Crippen LogP contribution < -0.4 is 16.0 Å². The summed E-state index contributed by atoms with van der Waals surface area (Å²) in [4.78, 5) is 22.9. The van der Waals surface area contributed by atoms with Crippen molar-refractivity contribution in [2.75, 3.05) is 52.9 Å². The molecule has 2 aromatic rings. The molecule has 0 radical (unpaired) electrons. The number of aromatic nitrogens is 1. The summed E-state index contributed by atoms with van der Waals surface area (Å²) in [6.07, 6.45) is 9.67. The van der Waals surface area contributed by atoms with E-state index in [2.05, 4.69) is 74.1 Å². The smallest absolute Gasteiger partial charge is 0.223 e. The number of piperazine rings is 1. The maximum Gasteiger partial charge on any atom is 0.223 e. The highest BCUT2D eigenvalue weighted by Crippen LogP contribution is 2.26. The number of hydrogen-bond donors (Lipinski definition) is 3. The minimum Gasteiger partial charge on any atom is -0.349 e. The van der Waals surface area contributed by atoms with Crippen molar-refractivity contribution in [2.45, 2.75) is 70.5 Å². The van der Waals surface area contributed by atoms with Gasteiger partial charge in [-0.1, -0.05) is 49.2 Å². The summed E-state index contributed by atoms with van der Waals surface area (Å²) in [5, 5.41) is 10.5. The molecule has 7 nitrogen and oxygen atoms in total. The first-order chi connectivity index (χ1) is 19.1. The Labute approximate surface area is 236 Å². The number of pyridine rings is 1. The van der Waals surface area contributed by atoms with Crippen molar-refractivity contribution in [3.8, 4) is 0 Å². The molecule has 2 atom stereocenters. The van der Waals surface area contributed by atoms with Crippen molar-refractivity contribution in [3.05, 3.63) is 65.5 Å². The van der Waals surface area contributed by atoms with E-state index in [1.807, 2.05) is 19.3 Å². The third-order valence-electron chi connectivity index (χ3n) is 8.44. The first-order valence-electron chi connectivity index (χ1n) is 15.2. The van der Waals surface area contributed by atoms with E-state index in [1.54, 1.807) is 0 Å². The van der Waals surface area contributed by atoms with Crippen molar-refractivity contribution >= 4 is 5.91 Å². The lowest BCUT2D eigenvalue weighted by Gasteiger charge is -2.37. The van der Waals surface area contributed by atoms with E-state index in [4.69, 9.17) is 0 Å². The molecule has 4 rings (SSSR count). The SMILES string of the molecule is CNCCCCN(Cc1ncccc1C)C[C@H]1CN(CC[C@H](NC(=O)C2CCCC2)c2ccccc2)CCN1. The minimum atomic E-state index is 0.0726. The maximum atomic E-state index is 13.0. The number of nitrogens with zero attached hydrogens (tertiary/aromatic N) is 3. The number of benzene rings is 1. The molecule has 2 fully saturated rings. The molecule has 1 aromatic carbocycles. The molecule has 1 aromatic heterocycles. The lowest BCUT2D eigenvalue weighted by molar-refractivity contribution is -0.125. The maximum absolute atomic E-state index is 13.0. The third-order valence-corrected chi connectivity index (χ3v) is 8.44. The van der Waals surface area contributed by atoms with E-state index < -0.39 is 0 Å². The summed E-state index contributed by atoms with van der Waals surface area (Å²) in [5.74, 6) is 0.444. The van der Waals surface area contributed by atoms with Gasteiger partial charge in [-0.2, -0.15) is 0 Å². The van der Waals surface area contributed by atoms with Gasteiger partial charge in [0.1, 0.15) is 0 Å².